The van der Waals surface area contributed by atoms with E-state index in [0.29, 0.717) is 15.9 Å². The van der Waals surface area contributed by atoms with E-state index in [1.54, 1.807) is 12.1 Å². The third-order valence-electron chi connectivity index (χ3n) is 3.09. The first kappa shape index (κ1) is 16.8. The average molecular weight is 387 g/mol. The maximum absolute atomic E-state index is 15.3. The second-order valence-electron chi connectivity index (χ2n) is 4.76. The van der Waals surface area contributed by atoms with E-state index in [-0.39, 0.29) is 17.8 Å². The van der Waals surface area contributed by atoms with E-state index in [1.807, 2.05) is 6.92 Å². The average Bonchev–Trinajstić information content (AvgIpc) is 2.49. The summed E-state index contributed by atoms with van der Waals surface area (Å²) in [4.78, 5) is 20.3. The molecule has 4 nitrogen and oxygen atoms in total. The van der Waals surface area contributed by atoms with Gasteiger partial charge >= 0.3 is 0 Å². The zero-order valence-corrected chi connectivity index (χ0v) is 14.2. The second kappa shape index (κ2) is 7.15. The van der Waals surface area contributed by atoms with Gasteiger partial charge in [0, 0.05) is 28.6 Å². The van der Waals surface area contributed by atoms with E-state index < -0.39 is 11.6 Å². The first-order valence-electron chi connectivity index (χ1n) is 6.68. The Kier molecular flexibility index (Phi) is 5.47. The highest BCUT2D eigenvalue weighted by Crippen LogP contribution is 2.33. The van der Waals surface area contributed by atoms with Gasteiger partial charge in [-0.05, 0) is 40.5 Å². The van der Waals surface area contributed by atoms with Crippen LogP contribution >= 0.6 is 27.5 Å². The van der Waals surface area contributed by atoms with Gasteiger partial charge in [0.1, 0.15) is 5.82 Å². The molecule has 2 heterocycles. The molecule has 1 amide bonds. The van der Waals surface area contributed by atoms with Gasteiger partial charge in [-0.3, -0.25) is 9.78 Å². The Balaban J connectivity index is 2.29. The Labute approximate surface area is 141 Å². The maximum atomic E-state index is 15.3. The Hall–Kier alpha value is -1.53. The van der Waals surface area contributed by atoms with E-state index in [1.165, 1.54) is 24.7 Å². The lowest BCUT2D eigenvalue weighted by atomic mass is 9.91. The van der Waals surface area contributed by atoms with Crippen molar-refractivity contribution < 1.29 is 9.18 Å². The predicted molar refractivity (Wildman–Crippen MR) is 87.5 cm³/mol. The highest BCUT2D eigenvalue weighted by Gasteiger charge is 2.40. The monoisotopic (exact) mass is 385 g/mol. The minimum atomic E-state index is -2.17. The van der Waals surface area contributed by atoms with Crippen molar-refractivity contribution in [2.45, 2.75) is 25.4 Å². The fraction of sp³-hybridized carbons (Fsp3) is 0.267. The van der Waals surface area contributed by atoms with Crippen LogP contribution in [-0.4, -0.2) is 15.9 Å². The highest BCUT2D eigenvalue weighted by atomic mass is 79.9. The molecule has 0 saturated heterocycles. The summed E-state index contributed by atoms with van der Waals surface area (Å²) in [7, 11) is 0. The number of carbonyl (C=O) groups excluding carboxylic acids is 1. The number of hydrogen-bond donors (Lipinski definition) is 1. The zero-order chi connectivity index (χ0) is 16.2. The lowest BCUT2D eigenvalue weighted by molar-refractivity contribution is -0.128. The minimum absolute atomic E-state index is 0.0462. The molecule has 2 aromatic rings. The van der Waals surface area contributed by atoms with Gasteiger partial charge in [-0.2, -0.15) is 0 Å². The van der Waals surface area contributed by atoms with Crippen molar-refractivity contribution in [2.24, 2.45) is 0 Å². The number of alkyl halides is 1. The Morgan fingerprint density at radius 2 is 2.18 bits per heavy atom. The van der Waals surface area contributed by atoms with Crippen LogP contribution in [0.4, 0.5) is 10.2 Å². The second-order valence-corrected chi connectivity index (χ2v) is 6.11. The van der Waals surface area contributed by atoms with Crippen LogP contribution in [0.5, 0.6) is 0 Å². The number of halogens is 3. The number of pyridine rings is 2. The van der Waals surface area contributed by atoms with Crippen molar-refractivity contribution in [3.63, 3.8) is 0 Å². The molecule has 0 aromatic carbocycles. The molecule has 0 aliphatic carbocycles. The summed E-state index contributed by atoms with van der Waals surface area (Å²) in [6, 6.07) is 4.65. The summed E-state index contributed by atoms with van der Waals surface area (Å²) in [6.45, 7) is 1.81. The van der Waals surface area contributed by atoms with Crippen LogP contribution in [-0.2, 0) is 10.5 Å². The summed E-state index contributed by atoms with van der Waals surface area (Å²) >= 11 is 8.98. The molecule has 22 heavy (non-hydrogen) atoms. The molecule has 1 atom stereocenters. The Morgan fingerprint density at radius 1 is 1.41 bits per heavy atom. The van der Waals surface area contributed by atoms with Gasteiger partial charge in [0.05, 0.1) is 5.02 Å². The number of rotatable bonds is 5. The zero-order valence-electron chi connectivity index (χ0n) is 11.8. The van der Waals surface area contributed by atoms with Gasteiger partial charge in [0.15, 0.2) is 0 Å². The van der Waals surface area contributed by atoms with Crippen LogP contribution in [0.15, 0.2) is 41.3 Å². The fourth-order valence-corrected chi connectivity index (χ4v) is 2.50. The van der Waals surface area contributed by atoms with Crippen LogP contribution in [0.1, 0.15) is 25.3 Å². The molecule has 116 valence electrons. The normalized spacial score (nSPS) is 13.5. The van der Waals surface area contributed by atoms with E-state index in [9.17, 15) is 4.79 Å². The number of hydrogen-bond acceptors (Lipinski definition) is 3. The molecule has 0 aliphatic rings. The van der Waals surface area contributed by atoms with Gasteiger partial charge < -0.3 is 5.32 Å². The first-order valence-corrected chi connectivity index (χ1v) is 7.85. The molecule has 2 aromatic heterocycles. The van der Waals surface area contributed by atoms with E-state index in [0.717, 1.165) is 0 Å². The predicted octanol–water partition coefficient (Wildman–Crippen LogP) is 4.50. The molecule has 0 fully saturated rings. The molecular weight excluding hydrogens is 373 g/mol. The van der Waals surface area contributed by atoms with Crippen LogP contribution in [0.25, 0.3) is 0 Å². The molecule has 0 bridgehead atoms. The molecule has 1 unspecified atom stereocenters. The van der Waals surface area contributed by atoms with Crippen LogP contribution in [0, 0.1) is 0 Å². The fourth-order valence-electron chi connectivity index (χ4n) is 2.03. The summed E-state index contributed by atoms with van der Waals surface area (Å²) in [5.41, 5.74) is -1.97. The lowest BCUT2D eigenvalue weighted by Crippen LogP contribution is -2.36. The Morgan fingerprint density at radius 3 is 2.77 bits per heavy atom. The lowest BCUT2D eigenvalue weighted by Gasteiger charge is -2.24. The quantitative estimate of drug-likeness (QED) is 0.823. The molecule has 2 rings (SSSR count). The first-order chi connectivity index (χ1) is 10.5. The van der Waals surface area contributed by atoms with Gasteiger partial charge in [-0.1, -0.05) is 24.9 Å². The summed E-state index contributed by atoms with van der Waals surface area (Å²) < 4.78 is 15.9. The van der Waals surface area contributed by atoms with E-state index >= 15 is 4.39 Å². The molecule has 0 saturated carbocycles. The smallest absolute Gasteiger partial charge is 0.267 e. The van der Waals surface area contributed by atoms with Crippen molar-refractivity contribution in [1.82, 2.24) is 9.97 Å². The molecule has 1 N–H and O–H groups in total. The van der Waals surface area contributed by atoms with Gasteiger partial charge in [-0.25, -0.2) is 9.37 Å². The third kappa shape index (κ3) is 3.81. The van der Waals surface area contributed by atoms with Crippen molar-refractivity contribution >= 4 is 39.3 Å². The van der Waals surface area contributed by atoms with Crippen molar-refractivity contribution in [3.8, 4) is 0 Å². The minimum Gasteiger partial charge on any atom is -0.308 e. The number of nitrogens with zero attached hydrogens (tertiary/aromatic N) is 2. The maximum Gasteiger partial charge on any atom is 0.267 e. The van der Waals surface area contributed by atoms with Gasteiger partial charge in [0.2, 0.25) is 5.67 Å². The topological polar surface area (TPSA) is 54.9 Å². The summed E-state index contributed by atoms with van der Waals surface area (Å²) in [5, 5.41) is 2.92. The molecule has 0 aliphatic heterocycles. The van der Waals surface area contributed by atoms with E-state index in [4.69, 9.17) is 11.6 Å². The van der Waals surface area contributed by atoms with Crippen LogP contribution in [0.2, 0.25) is 5.02 Å². The number of carbonyl (C=O) groups is 1. The SMILES string of the molecule is CCCC(F)(C(=O)Nc1ccc(Cl)cn1)c1cncc(Br)c1. The summed E-state index contributed by atoms with van der Waals surface area (Å²) in [5.74, 6) is -0.528. The standard InChI is InChI=1S/C15H14BrClFN3O/c1-2-5-15(18,10-6-11(16)8-19-7-10)14(22)21-13-4-3-12(17)9-20-13/h3-4,6-9H,2,5H2,1H3,(H,20,21,22). The number of aromatic nitrogens is 2. The van der Waals surface area contributed by atoms with Crippen LogP contribution < -0.4 is 5.32 Å². The largest absolute Gasteiger partial charge is 0.308 e. The molecular formula is C15H14BrClFN3O. The van der Waals surface area contributed by atoms with Gasteiger partial charge in [-0.15, -0.1) is 0 Å². The van der Waals surface area contributed by atoms with Crippen molar-refractivity contribution in [3.05, 3.63) is 51.8 Å². The van der Waals surface area contributed by atoms with Crippen LogP contribution in [0.3, 0.4) is 0 Å². The van der Waals surface area contributed by atoms with Crippen molar-refractivity contribution in [1.29, 1.82) is 0 Å². The molecule has 0 spiro atoms. The van der Waals surface area contributed by atoms with Gasteiger partial charge in [0.25, 0.3) is 5.91 Å². The third-order valence-corrected chi connectivity index (χ3v) is 3.74. The van der Waals surface area contributed by atoms with Crippen molar-refractivity contribution in [2.75, 3.05) is 5.32 Å². The highest BCUT2D eigenvalue weighted by molar-refractivity contribution is 9.10. The number of amides is 1. The number of anilines is 1. The summed E-state index contributed by atoms with van der Waals surface area (Å²) in [6.07, 6.45) is 4.83. The molecule has 0 radical (unpaired) electrons. The molecule has 7 heteroatoms. The van der Waals surface area contributed by atoms with E-state index in [2.05, 4.69) is 31.2 Å². The number of nitrogens with one attached hydrogen (secondary N) is 1. The Bertz CT molecular complexity index is 668.